The molecule has 0 saturated carbocycles. The summed E-state index contributed by atoms with van der Waals surface area (Å²) in [6.07, 6.45) is 13.5. The van der Waals surface area contributed by atoms with E-state index in [0.717, 1.165) is 79.0 Å². The Labute approximate surface area is 517 Å². The summed E-state index contributed by atoms with van der Waals surface area (Å²) in [5.74, 6) is 4.60. The molecular formula is C64H77BBrN13O8. The highest BCUT2D eigenvalue weighted by atomic mass is 79.9. The molecule has 4 unspecified atom stereocenters. The second-order valence-electron chi connectivity index (χ2n) is 25.4. The van der Waals surface area contributed by atoms with Gasteiger partial charge in [0.05, 0.1) is 53.1 Å². The Morgan fingerprint density at radius 3 is 1.56 bits per heavy atom. The van der Waals surface area contributed by atoms with Crippen molar-refractivity contribution in [1.82, 2.24) is 48.5 Å². The van der Waals surface area contributed by atoms with Gasteiger partial charge in [-0.2, -0.15) is 5.26 Å². The minimum Gasteiger partial charge on any atom is -0.490 e. The number of halogens is 1. The highest BCUT2D eigenvalue weighted by Gasteiger charge is 2.52. The van der Waals surface area contributed by atoms with Crippen LogP contribution in [-0.2, 0) is 22.4 Å². The summed E-state index contributed by atoms with van der Waals surface area (Å²) in [5, 5.41) is 28.6. The molecule has 8 aromatic heterocycles. The van der Waals surface area contributed by atoms with Crippen LogP contribution in [0.2, 0.25) is 0 Å². The number of aromatic nitrogens is 8. The third kappa shape index (κ3) is 13.7. The molecule has 8 aromatic rings. The van der Waals surface area contributed by atoms with Gasteiger partial charge in [0.25, 0.3) is 0 Å². The summed E-state index contributed by atoms with van der Waals surface area (Å²) in [7, 11) is 2.92. The van der Waals surface area contributed by atoms with E-state index in [1.807, 2.05) is 62.2 Å². The number of hydrogen-bond donors (Lipinski definition) is 2. The van der Waals surface area contributed by atoms with Gasteiger partial charge >= 0.3 is 7.12 Å². The first-order valence-electron chi connectivity index (χ1n) is 29.5. The third-order valence-electron chi connectivity index (χ3n) is 17.0. The molecule has 456 valence electrons. The molecule has 4 bridgehead atoms. The minimum atomic E-state index is -0.920. The van der Waals surface area contributed by atoms with Crippen molar-refractivity contribution in [3.05, 3.63) is 137 Å². The van der Waals surface area contributed by atoms with Gasteiger partial charge in [-0.1, -0.05) is 18.2 Å². The van der Waals surface area contributed by atoms with Gasteiger partial charge in [0.2, 0.25) is 11.8 Å². The number of hydrogen-bond acceptors (Lipinski definition) is 19. The standard InChI is InChI=1S/C29H34N6O3.C23H31BN4O3.C12H12BrN3O2/c1-19-12-30-27-11-24(38-18-29(2,3)36)10-25(35(19)27)21-6-7-26(31-14-21)33-16-22-9-23(17-33)34(22)15-20-5-8-28(37-4)32-13-20;1-22(2)23(3,4)31-24(30-22)17-7-8-20(25-12-17)27-14-18-10-19(15-27)28(18)13-16-6-9-21(29-5)26-11-16;1-12(2,17)7-18-9-3-10(13)16-8(5-14)6-15-11(16)4-9/h5-8,10-14,22-23,36H,9,15-18H2,1-4H3;6-9,11-12,18-19H,10,13-15H2,1-5H3;3-4,6,17H,7H2,1-2H3. The second-order valence-corrected chi connectivity index (χ2v) is 26.2. The van der Waals surface area contributed by atoms with Crippen molar-refractivity contribution in [2.75, 3.05) is 63.4 Å². The number of aliphatic hydroxyl groups is 2. The maximum Gasteiger partial charge on any atom is 0.496 e. The number of rotatable bonds is 16. The molecule has 2 N–H and O–H groups in total. The number of anilines is 2. The number of aryl methyl sites for hydroxylation is 1. The number of nitrogens with zero attached hydrogens (tertiary/aromatic N) is 13. The number of ether oxygens (including phenoxy) is 4. The molecule has 4 atom stereocenters. The minimum absolute atomic E-state index is 0.182. The highest BCUT2D eigenvalue weighted by Crippen LogP contribution is 2.39. The fourth-order valence-electron chi connectivity index (χ4n) is 11.6. The lowest BCUT2D eigenvalue weighted by Crippen LogP contribution is -2.68. The van der Waals surface area contributed by atoms with Crippen molar-refractivity contribution in [2.45, 2.75) is 135 Å². The van der Waals surface area contributed by atoms with Crippen LogP contribution < -0.4 is 34.2 Å². The van der Waals surface area contributed by atoms with Crippen molar-refractivity contribution >= 4 is 51.4 Å². The molecule has 15 heterocycles. The van der Waals surface area contributed by atoms with Crippen LogP contribution in [0, 0.1) is 18.3 Å². The van der Waals surface area contributed by atoms with E-state index in [2.05, 4.69) is 130 Å². The van der Waals surface area contributed by atoms with E-state index in [1.165, 1.54) is 30.2 Å². The highest BCUT2D eigenvalue weighted by molar-refractivity contribution is 9.10. The first-order valence-corrected chi connectivity index (χ1v) is 30.3. The fourth-order valence-corrected chi connectivity index (χ4v) is 12.2. The van der Waals surface area contributed by atoms with Gasteiger partial charge in [0.15, 0.2) is 0 Å². The molecule has 0 amide bonds. The van der Waals surface area contributed by atoms with Gasteiger partial charge < -0.3 is 48.3 Å². The topological polar surface area (TPSA) is 219 Å². The largest absolute Gasteiger partial charge is 0.496 e. The van der Waals surface area contributed by atoms with Crippen molar-refractivity contribution in [2.24, 2.45) is 0 Å². The first kappa shape index (κ1) is 61.2. The Kier molecular flexibility index (Phi) is 17.3. The van der Waals surface area contributed by atoms with Crippen LogP contribution >= 0.6 is 15.9 Å². The predicted molar refractivity (Wildman–Crippen MR) is 336 cm³/mol. The summed E-state index contributed by atoms with van der Waals surface area (Å²) in [5.41, 5.74) is 5.78. The van der Waals surface area contributed by atoms with E-state index in [4.69, 9.17) is 43.5 Å². The first-order chi connectivity index (χ1) is 41.4. The summed E-state index contributed by atoms with van der Waals surface area (Å²) in [4.78, 5) is 36.9. The maximum absolute atomic E-state index is 10.1. The van der Waals surface area contributed by atoms with Crippen molar-refractivity contribution in [3.8, 4) is 40.6 Å². The zero-order valence-corrected chi connectivity index (χ0v) is 53.0. The summed E-state index contributed by atoms with van der Waals surface area (Å²) < 4.78 is 38.5. The van der Waals surface area contributed by atoms with Crippen LogP contribution in [0.5, 0.6) is 23.3 Å². The van der Waals surface area contributed by atoms with Gasteiger partial charge in [-0.25, -0.2) is 29.9 Å². The Morgan fingerprint density at radius 2 is 1.11 bits per heavy atom. The summed E-state index contributed by atoms with van der Waals surface area (Å²) in [6.45, 7) is 23.3. The fraction of sp³-hybridized carbons (Fsp3) is 0.453. The zero-order valence-electron chi connectivity index (χ0n) is 51.4. The number of piperazine rings is 2. The van der Waals surface area contributed by atoms with E-state index in [1.54, 1.807) is 58.4 Å². The van der Waals surface area contributed by atoms with Crippen LogP contribution in [0.15, 0.2) is 115 Å². The van der Waals surface area contributed by atoms with Crippen molar-refractivity contribution < 1.29 is 38.5 Å². The van der Waals surface area contributed by atoms with E-state index in [-0.39, 0.29) is 31.5 Å². The third-order valence-corrected chi connectivity index (χ3v) is 17.6. The molecular weight excluding hydrogens is 1170 g/mol. The Hall–Kier alpha value is -7.43. The molecule has 0 radical (unpaired) electrons. The number of nitriles is 1. The molecule has 7 aliphatic rings. The van der Waals surface area contributed by atoms with Gasteiger partial charge in [-0.15, -0.1) is 0 Å². The molecule has 87 heavy (non-hydrogen) atoms. The van der Waals surface area contributed by atoms with E-state index in [0.29, 0.717) is 63.4 Å². The van der Waals surface area contributed by atoms with Gasteiger partial charge in [0, 0.05) is 148 Å². The molecule has 0 aliphatic carbocycles. The number of fused-ring (bicyclic) bond motifs is 6. The quantitative estimate of drug-likeness (QED) is 0.0690. The lowest BCUT2D eigenvalue weighted by atomic mass is 9.80. The van der Waals surface area contributed by atoms with Crippen LogP contribution in [0.1, 0.15) is 90.7 Å². The van der Waals surface area contributed by atoms with Crippen LogP contribution in [0.25, 0.3) is 22.6 Å². The Morgan fingerprint density at radius 1 is 0.621 bits per heavy atom. The second kappa shape index (κ2) is 24.6. The number of methoxy groups -OCH3 is 2. The number of pyridine rings is 6. The van der Waals surface area contributed by atoms with Crippen LogP contribution in [-0.4, -0.2) is 166 Å². The molecule has 15 rings (SSSR count). The summed E-state index contributed by atoms with van der Waals surface area (Å²) >= 11 is 3.37. The SMILES string of the molecule is CC(C)(O)COc1cc(Br)n2c(C#N)cnc2c1.COc1ccc(CN2C3CC2CN(c2ccc(-c4cc(OCC(C)(C)O)cc5ncc(C)n45)cn2)C3)cn1.COc1ccc(CN2C3CC2CN(c2ccc(B4OC(C)(C)C(C)(C)O4)cn2)C3)cn1. The zero-order chi connectivity index (χ0) is 61.6. The molecule has 0 aromatic carbocycles. The summed E-state index contributed by atoms with van der Waals surface area (Å²) in [6, 6.07) is 28.1. The van der Waals surface area contributed by atoms with Gasteiger partial charge in [-0.3, -0.25) is 18.6 Å². The predicted octanol–water partition coefficient (Wildman–Crippen LogP) is 8.09. The Bertz CT molecular complexity index is 3700. The average molecular weight is 1250 g/mol. The molecule has 21 nitrogen and oxygen atoms in total. The van der Waals surface area contributed by atoms with Crippen LogP contribution in [0.4, 0.5) is 11.6 Å². The Balaban J connectivity index is 0.000000144. The van der Waals surface area contributed by atoms with Gasteiger partial charge in [-0.05, 0) is 120 Å². The molecule has 7 saturated heterocycles. The lowest BCUT2D eigenvalue weighted by molar-refractivity contribution is -0.00879. The van der Waals surface area contributed by atoms with Gasteiger partial charge in [0.1, 0.15) is 59.4 Å². The van der Waals surface area contributed by atoms with Crippen molar-refractivity contribution in [3.63, 3.8) is 0 Å². The normalized spacial score (nSPS) is 20.4. The molecule has 7 fully saturated rings. The van der Waals surface area contributed by atoms with Crippen molar-refractivity contribution in [1.29, 1.82) is 5.26 Å². The number of piperidine rings is 2. The molecule has 0 spiro atoms. The van der Waals surface area contributed by atoms with Crippen LogP contribution in [0.3, 0.4) is 0 Å². The molecule has 23 heteroatoms. The maximum atomic E-state index is 10.1. The van der Waals surface area contributed by atoms with E-state index < -0.39 is 11.2 Å². The van der Waals surface area contributed by atoms with E-state index >= 15 is 0 Å². The van der Waals surface area contributed by atoms with E-state index in [9.17, 15) is 10.2 Å². The average Bonchev–Trinajstić information content (AvgIpc) is 2.81. The smallest absolute Gasteiger partial charge is 0.490 e. The number of imidazole rings is 2. The lowest BCUT2D eigenvalue weighted by Gasteiger charge is -2.56. The monoisotopic (exact) mass is 1250 g/mol. The molecule has 7 aliphatic heterocycles.